The molecule has 0 unspecified atom stereocenters. The molecule has 0 radical (unpaired) electrons. The molecule has 1 aromatic rings. The third kappa shape index (κ3) is 3.92. The molecule has 24 heavy (non-hydrogen) atoms. The summed E-state index contributed by atoms with van der Waals surface area (Å²) in [6, 6.07) is 3.71. The fourth-order valence-electron chi connectivity index (χ4n) is 3.09. The third-order valence-electron chi connectivity index (χ3n) is 4.50. The fourth-order valence-corrected chi connectivity index (χ4v) is 3.09. The van der Waals surface area contributed by atoms with E-state index in [1.807, 2.05) is 24.0 Å². The summed E-state index contributed by atoms with van der Waals surface area (Å²) in [5.74, 6) is 0.322. The highest BCUT2D eigenvalue weighted by Crippen LogP contribution is 2.40. The number of aromatic hydroxyl groups is 1. The molecule has 134 valence electrons. The van der Waals surface area contributed by atoms with E-state index in [0.29, 0.717) is 31.0 Å². The molecule has 4 nitrogen and oxygen atoms in total. The van der Waals surface area contributed by atoms with E-state index in [2.05, 4.69) is 41.5 Å². The molecule has 2 rings (SSSR count). The van der Waals surface area contributed by atoms with E-state index in [0.717, 1.165) is 11.1 Å². The van der Waals surface area contributed by atoms with Gasteiger partial charge in [-0.05, 0) is 29.9 Å². The SMILES string of the molecule is C[C@@H]1CN(C(=O)c2cc(C(C)(C)C)c(O)c(C(C)(C)C)c2)CCO1. The van der Waals surface area contributed by atoms with Gasteiger partial charge < -0.3 is 14.7 Å². The van der Waals surface area contributed by atoms with Crippen LogP contribution in [0.15, 0.2) is 12.1 Å². The molecule has 1 fully saturated rings. The molecule has 1 amide bonds. The Labute approximate surface area is 145 Å². The number of morpholine rings is 1. The molecule has 0 aliphatic carbocycles. The minimum absolute atomic E-state index is 0.0150. The normalized spacial score (nSPS) is 19.5. The van der Waals surface area contributed by atoms with Crippen molar-refractivity contribution in [3.8, 4) is 5.75 Å². The van der Waals surface area contributed by atoms with Gasteiger partial charge in [0.05, 0.1) is 12.7 Å². The van der Waals surface area contributed by atoms with E-state index in [4.69, 9.17) is 4.74 Å². The molecule has 1 saturated heterocycles. The van der Waals surface area contributed by atoms with Crippen LogP contribution in [-0.2, 0) is 15.6 Å². The Morgan fingerprint density at radius 1 is 1.12 bits per heavy atom. The number of amides is 1. The minimum atomic E-state index is -0.237. The van der Waals surface area contributed by atoms with Crippen LogP contribution in [0, 0.1) is 0 Å². The predicted octanol–water partition coefficient (Wildman–Crippen LogP) is 3.85. The number of hydrogen-bond acceptors (Lipinski definition) is 3. The molecule has 1 atom stereocenters. The molecule has 0 spiro atoms. The summed E-state index contributed by atoms with van der Waals surface area (Å²) in [6.45, 7) is 16.1. The lowest BCUT2D eigenvalue weighted by atomic mass is 9.78. The lowest BCUT2D eigenvalue weighted by Gasteiger charge is -2.33. The molecular weight excluding hydrogens is 302 g/mol. The number of rotatable bonds is 1. The Bertz CT molecular complexity index is 588. The van der Waals surface area contributed by atoms with Crippen molar-refractivity contribution < 1.29 is 14.6 Å². The van der Waals surface area contributed by atoms with E-state index in [1.165, 1.54) is 0 Å². The molecule has 1 aliphatic heterocycles. The van der Waals surface area contributed by atoms with Crippen LogP contribution in [0.4, 0.5) is 0 Å². The van der Waals surface area contributed by atoms with Gasteiger partial charge in [-0.25, -0.2) is 0 Å². The Balaban J connectivity index is 2.52. The van der Waals surface area contributed by atoms with E-state index in [-0.39, 0.29) is 22.8 Å². The van der Waals surface area contributed by atoms with E-state index in [9.17, 15) is 9.90 Å². The summed E-state index contributed by atoms with van der Waals surface area (Å²) >= 11 is 0. The van der Waals surface area contributed by atoms with Gasteiger partial charge in [0.1, 0.15) is 5.75 Å². The first-order valence-corrected chi connectivity index (χ1v) is 8.70. The van der Waals surface area contributed by atoms with E-state index >= 15 is 0 Å². The van der Waals surface area contributed by atoms with Crippen molar-refractivity contribution >= 4 is 5.91 Å². The van der Waals surface area contributed by atoms with Crippen LogP contribution < -0.4 is 0 Å². The quantitative estimate of drug-likeness (QED) is 0.849. The first-order chi connectivity index (χ1) is 10.9. The summed E-state index contributed by atoms with van der Waals surface area (Å²) in [5, 5.41) is 10.8. The van der Waals surface area contributed by atoms with Crippen LogP contribution >= 0.6 is 0 Å². The maximum atomic E-state index is 13.0. The van der Waals surface area contributed by atoms with E-state index in [1.54, 1.807) is 0 Å². The minimum Gasteiger partial charge on any atom is -0.507 e. The molecule has 0 aromatic heterocycles. The van der Waals surface area contributed by atoms with Gasteiger partial charge >= 0.3 is 0 Å². The van der Waals surface area contributed by atoms with E-state index < -0.39 is 0 Å². The van der Waals surface area contributed by atoms with Crippen LogP contribution in [0.25, 0.3) is 0 Å². The van der Waals surface area contributed by atoms with Crippen molar-refractivity contribution in [3.05, 3.63) is 28.8 Å². The highest BCUT2D eigenvalue weighted by molar-refractivity contribution is 5.95. The largest absolute Gasteiger partial charge is 0.507 e. The average Bonchev–Trinajstić information content (AvgIpc) is 2.44. The number of hydrogen-bond donors (Lipinski definition) is 1. The first kappa shape index (κ1) is 18.8. The zero-order valence-corrected chi connectivity index (χ0v) is 16.1. The van der Waals surface area contributed by atoms with Crippen LogP contribution in [0.2, 0.25) is 0 Å². The molecule has 0 saturated carbocycles. The van der Waals surface area contributed by atoms with Crippen molar-refractivity contribution in [1.29, 1.82) is 0 Å². The number of nitrogens with zero attached hydrogens (tertiary/aromatic N) is 1. The smallest absolute Gasteiger partial charge is 0.254 e. The Kier molecular flexibility index (Phi) is 5.01. The standard InChI is InChI=1S/C20H31NO3/c1-13-12-21(8-9-24-13)18(23)14-10-15(19(2,3)4)17(22)16(11-14)20(5,6)7/h10-11,13,22H,8-9,12H2,1-7H3/t13-/m1/s1. The van der Waals surface area contributed by atoms with Gasteiger partial charge in [0.25, 0.3) is 5.91 Å². The average molecular weight is 333 g/mol. The van der Waals surface area contributed by atoms with Crippen molar-refractivity contribution in [3.63, 3.8) is 0 Å². The van der Waals surface area contributed by atoms with Gasteiger partial charge in [0.2, 0.25) is 0 Å². The molecule has 1 aliphatic rings. The summed E-state index contributed by atoms with van der Waals surface area (Å²) in [6.07, 6.45) is 0.0592. The van der Waals surface area contributed by atoms with Gasteiger partial charge in [0, 0.05) is 29.8 Å². The van der Waals surface area contributed by atoms with Gasteiger partial charge in [-0.3, -0.25) is 4.79 Å². The zero-order valence-electron chi connectivity index (χ0n) is 16.1. The highest BCUT2D eigenvalue weighted by atomic mass is 16.5. The Morgan fingerprint density at radius 3 is 2.04 bits per heavy atom. The van der Waals surface area contributed by atoms with Crippen molar-refractivity contribution in [2.75, 3.05) is 19.7 Å². The summed E-state index contributed by atoms with van der Waals surface area (Å²) in [4.78, 5) is 14.9. The summed E-state index contributed by atoms with van der Waals surface area (Å²) < 4.78 is 5.54. The number of ether oxygens (including phenoxy) is 1. The summed E-state index contributed by atoms with van der Waals surface area (Å²) in [5.41, 5.74) is 1.81. The zero-order chi connectivity index (χ0) is 18.3. The monoisotopic (exact) mass is 333 g/mol. The summed E-state index contributed by atoms with van der Waals surface area (Å²) in [7, 11) is 0. The number of carbonyl (C=O) groups excluding carboxylic acids is 1. The number of phenols is 1. The Hall–Kier alpha value is -1.55. The molecule has 1 N–H and O–H groups in total. The Morgan fingerprint density at radius 2 is 1.62 bits per heavy atom. The molecule has 0 bridgehead atoms. The van der Waals surface area contributed by atoms with Gasteiger partial charge in [0.15, 0.2) is 0 Å². The van der Waals surface area contributed by atoms with Gasteiger partial charge in [-0.15, -0.1) is 0 Å². The lowest BCUT2D eigenvalue weighted by molar-refractivity contribution is -0.0124. The topological polar surface area (TPSA) is 49.8 Å². The second-order valence-electron chi connectivity index (χ2n) is 8.85. The van der Waals surface area contributed by atoms with Gasteiger partial charge in [-0.2, -0.15) is 0 Å². The second-order valence-corrected chi connectivity index (χ2v) is 8.85. The molecule has 4 heteroatoms. The maximum absolute atomic E-state index is 13.0. The van der Waals surface area contributed by atoms with Crippen molar-refractivity contribution in [2.45, 2.75) is 65.4 Å². The molecule has 1 heterocycles. The first-order valence-electron chi connectivity index (χ1n) is 8.70. The van der Waals surface area contributed by atoms with Gasteiger partial charge in [-0.1, -0.05) is 41.5 Å². The third-order valence-corrected chi connectivity index (χ3v) is 4.50. The van der Waals surface area contributed by atoms with Crippen molar-refractivity contribution in [1.82, 2.24) is 4.90 Å². The predicted molar refractivity (Wildman–Crippen MR) is 96.8 cm³/mol. The fraction of sp³-hybridized carbons (Fsp3) is 0.650. The van der Waals surface area contributed by atoms with Crippen LogP contribution in [-0.4, -0.2) is 41.7 Å². The van der Waals surface area contributed by atoms with Crippen LogP contribution in [0.5, 0.6) is 5.75 Å². The maximum Gasteiger partial charge on any atom is 0.254 e. The highest BCUT2D eigenvalue weighted by Gasteiger charge is 2.30. The lowest BCUT2D eigenvalue weighted by Crippen LogP contribution is -2.44. The van der Waals surface area contributed by atoms with Crippen LogP contribution in [0.1, 0.15) is 70.0 Å². The number of phenolic OH excluding ortho intramolecular Hbond substituents is 1. The molecular formula is C20H31NO3. The number of carbonyl (C=O) groups is 1. The number of benzene rings is 1. The van der Waals surface area contributed by atoms with Crippen LogP contribution in [0.3, 0.4) is 0 Å². The second kappa shape index (κ2) is 6.40. The molecule has 1 aromatic carbocycles. The van der Waals surface area contributed by atoms with Crippen molar-refractivity contribution in [2.24, 2.45) is 0 Å².